The highest BCUT2D eigenvalue weighted by atomic mass is 32.2. The lowest BCUT2D eigenvalue weighted by Crippen LogP contribution is -2.23. The monoisotopic (exact) mass is 330 g/mol. The average Bonchev–Trinajstić information content (AvgIpc) is 3.04. The number of rotatable bonds is 4. The number of aryl methyl sites for hydroxylation is 1. The van der Waals surface area contributed by atoms with Gasteiger partial charge in [0.1, 0.15) is 0 Å². The quantitative estimate of drug-likeness (QED) is 0.860. The van der Waals surface area contributed by atoms with Crippen LogP contribution in [-0.4, -0.2) is 25.7 Å². The first kappa shape index (κ1) is 16.0. The van der Waals surface area contributed by atoms with E-state index in [1.165, 1.54) is 0 Å². The summed E-state index contributed by atoms with van der Waals surface area (Å²) >= 11 is 0. The van der Waals surface area contributed by atoms with Crippen LogP contribution in [0, 0.1) is 6.92 Å². The fourth-order valence-corrected chi connectivity index (χ4v) is 4.03. The minimum Gasteiger partial charge on any atom is -0.363 e. The maximum atomic E-state index is 11.9. The summed E-state index contributed by atoms with van der Waals surface area (Å²) in [5.74, 6) is 0.131. The number of sulfone groups is 1. The molecule has 0 N–H and O–H groups in total. The number of pyridine rings is 1. The van der Waals surface area contributed by atoms with Gasteiger partial charge in [0, 0.05) is 17.9 Å². The molecule has 0 radical (unpaired) electrons. The van der Waals surface area contributed by atoms with Crippen molar-refractivity contribution in [3.05, 3.63) is 53.9 Å². The first-order chi connectivity index (χ1) is 11.0. The van der Waals surface area contributed by atoms with E-state index >= 15 is 0 Å². The number of aromatic nitrogens is 1. The first-order valence-corrected chi connectivity index (χ1v) is 9.69. The van der Waals surface area contributed by atoms with Crippen LogP contribution >= 0.6 is 0 Å². The molecule has 1 aliphatic rings. The lowest BCUT2D eigenvalue weighted by atomic mass is 10.1. The normalized spacial score (nSPS) is 18.3. The Bertz CT molecular complexity index is 785. The standard InChI is InChI=1S/C18H22N2O2S/c1-3-23(21,22)16-11-9-15(10-12-16)20-13-5-8-18(20)17-7-4-6-14(2)19-17/h4,6-7,9-12,18H,3,5,8,13H2,1-2H3/t18-/m1/s1. The Balaban J connectivity index is 1.88. The van der Waals surface area contributed by atoms with Gasteiger partial charge in [-0.2, -0.15) is 0 Å². The second kappa shape index (κ2) is 6.32. The number of anilines is 1. The van der Waals surface area contributed by atoms with Crippen molar-refractivity contribution in [3.63, 3.8) is 0 Å². The lowest BCUT2D eigenvalue weighted by molar-refractivity contribution is 0.597. The SMILES string of the molecule is CCS(=O)(=O)c1ccc(N2CCC[C@@H]2c2cccc(C)n2)cc1. The summed E-state index contributed by atoms with van der Waals surface area (Å²) in [5.41, 5.74) is 3.18. The van der Waals surface area contributed by atoms with Gasteiger partial charge in [-0.05, 0) is 56.2 Å². The number of nitrogens with zero attached hydrogens (tertiary/aromatic N) is 2. The molecule has 1 aromatic carbocycles. The predicted octanol–water partition coefficient (Wildman–Crippen LogP) is 3.53. The molecule has 4 nitrogen and oxygen atoms in total. The Morgan fingerprint density at radius 3 is 2.57 bits per heavy atom. The zero-order valence-corrected chi connectivity index (χ0v) is 14.4. The van der Waals surface area contributed by atoms with E-state index in [-0.39, 0.29) is 11.8 Å². The van der Waals surface area contributed by atoms with Crippen LogP contribution in [-0.2, 0) is 9.84 Å². The molecule has 5 heteroatoms. The highest BCUT2D eigenvalue weighted by Crippen LogP contribution is 2.35. The van der Waals surface area contributed by atoms with Crippen LogP contribution in [0.3, 0.4) is 0 Å². The van der Waals surface area contributed by atoms with Crippen molar-refractivity contribution in [2.75, 3.05) is 17.2 Å². The van der Waals surface area contributed by atoms with Crippen LogP contribution in [0.4, 0.5) is 5.69 Å². The second-order valence-corrected chi connectivity index (χ2v) is 8.23. The molecule has 0 saturated carbocycles. The molecule has 2 heterocycles. The zero-order valence-electron chi connectivity index (χ0n) is 13.6. The molecule has 3 rings (SSSR count). The van der Waals surface area contributed by atoms with Crippen LogP contribution in [0.25, 0.3) is 0 Å². The molecule has 0 amide bonds. The summed E-state index contributed by atoms with van der Waals surface area (Å²) < 4.78 is 23.9. The van der Waals surface area contributed by atoms with Gasteiger partial charge in [-0.3, -0.25) is 4.98 Å². The van der Waals surface area contributed by atoms with E-state index in [4.69, 9.17) is 0 Å². The van der Waals surface area contributed by atoms with Gasteiger partial charge in [0.05, 0.1) is 22.4 Å². The van der Waals surface area contributed by atoms with Crippen LogP contribution in [0.1, 0.15) is 37.2 Å². The summed E-state index contributed by atoms with van der Waals surface area (Å²) in [4.78, 5) is 7.38. The molecule has 0 unspecified atom stereocenters. The Kier molecular flexibility index (Phi) is 4.39. The van der Waals surface area contributed by atoms with Crippen molar-refractivity contribution in [3.8, 4) is 0 Å². The van der Waals surface area contributed by atoms with Crippen LogP contribution in [0.2, 0.25) is 0 Å². The molecule has 0 spiro atoms. The summed E-state index contributed by atoms with van der Waals surface area (Å²) in [6.45, 7) is 4.65. The molecule has 1 aliphatic heterocycles. The van der Waals surface area contributed by atoms with Crippen LogP contribution in [0.5, 0.6) is 0 Å². The van der Waals surface area contributed by atoms with E-state index < -0.39 is 9.84 Å². The van der Waals surface area contributed by atoms with Gasteiger partial charge in [-0.15, -0.1) is 0 Å². The lowest BCUT2D eigenvalue weighted by Gasteiger charge is -2.26. The van der Waals surface area contributed by atoms with Crippen LogP contribution < -0.4 is 4.90 Å². The maximum absolute atomic E-state index is 11.9. The van der Waals surface area contributed by atoms with Gasteiger partial charge in [0.2, 0.25) is 0 Å². The smallest absolute Gasteiger partial charge is 0.178 e. The molecule has 0 bridgehead atoms. The van der Waals surface area contributed by atoms with Crippen molar-refractivity contribution in [1.82, 2.24) is 4.98 Å². The molecule has 2 aromatic rings. The number of hydrogen-bond donors (Lipinski definition) is 0. The predicted molar refractivity (Wildman–Crippen MR) is 92.5 cm³/mol. The molecule has 1 saturated heterocycles. The van der Waals surface area contributed by atoms with Crippen molar-refractivity contribution in [1.29, 1.82) is 0 Å². The van der Waals surface area contributed by atoms with Crippen molar-refractivity contribution in [2.24, 2.45) is 0 Å². The third-order valence-electron chi connectivity index (χ3n) is 4.41. The van der Waals surface area contributed by atoms with Crippen LogP contribution in [0.15, 0.2) is 47.4 Å². The van der Waals surface area contributed by atoms with Gasteiger partial charge < -0.3 is 4.90 Å². The highest BCUT2D eigenvalue weighted by molar-refractivity contribution is 7.91. The van der Waals surface area contributed by atoms with E-state index in [1.54, 1.807) is 19.1 Å². The third kappa shape index (κ3) is 3.24. The first-order valence-electron chi connectivity index (χ1n) is 8.04. The average molecular weight is 330 g/mol. The minimum atomic E-state index is -3.14. The van der Waals surface area contributed by atoms with E-state index in [0.29, 0.717) is 4.90 Å². The summed E-state index contributed by atoms with van der Waals surface area (Å²) in [6.07, 6.45) is 2.20. The number of benzene rings is 1. The van der Waals surface area contributed by atoms with E-state index in [0.717, 1.165) is 36.5 Å². The fourth-order valence-electron chi connectivity index (χ4n) is 3.14. The van der Waals surface area contributed by atoms with Gasteiger partial charge in [0.15, 0.2) is 9.84 Å². The maximum Gasteiger partial charge on any atom is 0.178 e. The zero-order chi connectivity index (χ0) is 16.4. The summed E-state index contributed by atoms with van der Waals surface area (Å²) in [5, 5.41) is 0. The molecule has 1 atom stereocenters. The fraction of sp³-hybridized carbons (Fsp3) is 0.389. The van der Waals surface area contributed by atoms with Crippen molar-refractivity contribution in [2.45, 2.75) is 37.6 Å². The van der Waals surface area contributed by atoms with E-state index in [1.807, 2.05) is 31.2 Å². The second-order valence-electron chi connectivity index (χ2n) is 5.95. The van der Waals surface area contributed by atoms with Crippen molar-refractivity contribution >= 4 is 15.5 Å². The van der Waals surface area contributed by atoms with Gasteiger partial charge >= 0.3 is 0 Å². The molecular weight excluding hydrogens is 308 g/mol. The summed E-state index contributed by atoms with van der Waals surface area (Å²) in [6, 6.07) is 13.7. The largest absolute Gasteiger partial charge is 0.363 e. The van der Waals surface area contributed by atoms with Gasteiger partial charge in [-0.1, -0.05) is 13.0 Å². The van der Waals surface area contributed by atoms with Crippen molar-refractivity contribution < 1.29 is 8.42 Å². The Morgan fingerprint density at radius 1 is 1.17 bits per heavy atom. The molecule has 23 heavy (non-hydrogen) atoms. The Morgan fingerprint density at radius 2 is 1.91 bits per heavy atom. The Hall–Kier alpha value is -1.88. The number of hydrogen-bond acceptors (Lipinski definition) is 4. The van der Waals surface area contributed by atoms with Gasteiger partial charge in [0.25, 0.3) is 0 Å². The Labute approximate surface area is 138 Å². The highest BCUT2D eigenvalue weighted by Gasteiger charge is 2.27. The molecular formula is C18H22N2O2S. The molecule has 1 aromatic heterocycles. The topological polar surface area (TPSA) is 50.3 Å². The van der Waals surface area contributed by atoms with E-state index in [2.05, 4.69) is 16.0 Å². The van der Waals surface area contributed by atoms with E-state index in [9.17, 15) is 8.42 Å². The molecule has 122 valence electrons. The molecule has 0 aliphatic carbocycles. The molecule has 1 fully saturated rings. The van der Waals surface area contributed by atoms with Gasteiger partial charge in [-0.25, -0.2) is 8.42 Å². The third-order valence-corrected chi connectivity index (χ3v) is 6.16. The summed E-state index contributed by atoms with van der Waals surface area (Å²) in [7, 11) is -3.14. The minimum absolute atomic E-state index is 0.131.